The van der Waals surface area contributed by atoms with Crippen LogP contribution < -0.4 is 10.2 Å². The van der Waals surface area contributed by atoms with Gasteiger partial charge in [0.1, 0.15) is 6.10 Å². The van der Waals surface area contributed by atoms with E-state index in [9.17, 15) is 14.7 Å². The molecule has 5 heteroatoms. The molecular weight excluding hydrogens is 244 g/mol. The van der Waals surface area contributed by atoms with Crippen LogP contribution in [0, 0.1) is 0 Å². The Hall–Kier alpha value is -1.72. The number of benzene rings is 1. The van der Waals surface area contributed by atoms with Crippen LogP contribution >= 0.6 is 0 Å². The lowest BCUT2D eigenvalue weighted by Crippen LogP contribution is -2.39. The maximum Gasteiger partial charge on any atom is 0.262 e. The molecule has 1 aliphatic rings. The van der Waals surface area contributed by atoms with Gasteiger partial charge >= 0.3 is 0 Å². The second-order valence-electron chi connectivity index (χ2n) is 4.74. The van der Waals surface area contributed by atoms with E-state index >= 15 is 0 Å². The van der Waals surface area contributed by atoms with Gasteiger partial charge in [-0.2, -0.15) is 0 Å². The summed E-state index contributed by atoms with van der Waals surface area (Å²) < 4.78 is 0. The van der Waals surface area contributed by atoms with Gasteiger partial charge in [-0.15, -0.1) is 0 Å². The Labute approximate surface area is 112 Å². The fraction of sp³-hybridized carbons (Fsp3) is 0.429. The van der Waals surface area contributed by atoms with Crippen molar-refractivity contribution in [3.8, 4) is 0 Å². The maximum absolute atomic E-state index is 11.9. The molecule has 102 valence electrons. The van der Waals surface area contributed by atoms with Gasteiger partial charge in [-0.25, -0.2) is 4.90 Å². The Kier molecular flexibility index (Phi) is 3.97. The first-order valence-electron chi connectivity index (χ1n) is 6.36. The van der Waals surface area contributed by atoms with Gasteiger partial charge in [0.25, 0.3) is 5.91 Å². The van der Waals surface area contributed by atoms with E-state index in [4.69, 9.17) is 0 Å². The maximum atomic E-state index is 11.9. The summed E-state index contributed by atoms with van der Waals surface area (Å²) >= 11 is 0. The Morgan fingerprint density at radius 2 is 2.26 bits per heavy atom. The zero-order valence-corrected chi connectivity index (χ0v) is 11.1. The number of aliphatic hydroxyl groups is 1. The molecular formula is C14H18N2O3. The molecule has 1 aromatic rings. The lowest BCUT2D eigenvalue weighted by Gasteiger charge is -2.17. The first kappa shape index (κ1) is 13.7. The molecule has 1 heterocycles. The topological polar surface area (TPSA) is 69.6 Å². The molecule has 2 rings (SSSR count). The number of nitrogens with one attached hydrogen (secondary N) is 1. The number of carbonyl (C=O) groups is 2. The lowest BCUT2D eigenvalue weighted by atomic mass is 10.1. The van der Waals surface area contributed by atoms with E-state index in [-0.39, 0.29) is 12.3 Å². The minimum Gasteiger partial charge on any atom is -0.384 e. The van der Waals surface area contributed by atoms with Crippen LogP contribution in [0.25, 0.3) is 0 Å². The van der Waals surface area contributed by atoms with E-state index in [1.165, 1.54) is 6.92 Å². The largest absolute Gasteiger partial charge is 0.384 e. The summed E-state index contributed by atoms with van der Waals surface area (Å²) in [7, 11) is 1.89. The quantitative estimate of drug-likeness (QED) is 0.816. The molecule has 0 spiro atoms. The van der Waals surface area contributed by atoms with Crippen molar-refractivity contribution in [2.24, 2.45) is 0 Å². The molecule has 5 nitrogen and oxygen atoms in total. The Morgan fingerprint density at radius 1 is 1.53 bits per heavy atom. The van der Waals surface area contributed by atoms with Crippen LogP contribution in [0.4, 0.5) is 5.69 Å². The Morgan fingerprint density at radius 3 is 2.89 bits per heavy atom. The number of hydrogen-bond donors (Lipinski definition) is 2. The molecule has 0 saturated heterocycles. The van der Waals surface area contributed by atoms with Gasteiger partial charge in [-0.1, -0.05) is 12.1 Å². The van der Waals surface area contributed by atoms with Crippen molar-refractivity contribution in [2.45, 2.75) is 25.9 Å². The third kappa shape index (κ3) is 2.67. The molecule has 0 aliphatic carbocycles. The highest BCUT2D eigenvalue weighted by molar-refractivity contribution is 6.20. The van der Waals surface area contributed by atoms with Crippen molar-refractivity contribution in [1.82, 2.24) is 5.32 Å². The number of nitrogens with zero attached hydrogens (tertiary/aromatic N) is 1. The van der Waals surface area contributed by atoms with Gasteiger partial charge in [0.15, 0.2) is 0 Å². The number of carbonyl (C=O) groups excluding carboxylic acids is 2. The molecule has 2 N–H and O–H groups in total. The second kappa shape index (κ2) is 5.50. The Bertz CT molecular complexity index is 511. The highest BCUT2D eigenvalue weighted by Crippen LogP contribution is 2.30. The fourth-order valence-corrected chi connectivity index (χ4v) is 2.23. The molecule has 0 saturated carbocycles. The summed E-state index contributed by atoms with van der Waals surface area (Å²) in [5.41, 5.74) is 2.59. The third-order valence-electron chi connectivity index (χ3n) is 3.22. The number of amides is 2. The highest BCUT2D eigenvalue weighted by Gasteiger charge is 2.34. The zero-order chi connectivity index (χ0) is 14.0. The number of fused-ring (bicyclic) bond motifs is 1. The van der Waals surface area contributed by atoms with Gasteiger partial charge < -0.3 is 10.4 Å². The van der Waals surface area contributed by atoms with Crippen molar-refractivity contribution >= 4 is 17.5 Å². The van der Waals surface area contributed by atoms with Crippen LogP contribution in [-0.4, -0.2) is 36.6 Å². The molecule has 1 atom stereocenters. The molecule has 0 fully saturated rings. The number of rotatable bonds is 4. The smallest absolute Gasteiger partial charge is 0.262 e. The van der Waals surface area contributed by atoms with Crippen LogP contribution in [0.15, 0.2) is 18.2 Å². The van der Waals surface area contributed by atoms with Gasteiger partial charge in [0.05, 0.1) is 12.1 Å². The molecule has 2 amide bonds. The molecule has 0 aromatic heterocycles. The number of anilines is 1. The lowest BCUT2D eigenvalue weighted by molar-refractivity contribution is -0.130. The van der Waals surface area contributed by atoms with E-state index in [2.05, 4.69) is 5.32 Å². The van der Waals surface area contributed by atoms with Crippen molar-refractivity contribution < 1.29 is 14.7 Å². The molecule has 1 aliphatic heterocycles. The number of imide groups is 1. The SMILES string of the molecule is CNCCc1ccc2c(c1)CC(=O)N2C(=O)C(C)O. The van der Waals surface area contributed by atoms with Crippen LogP contribution in [0.3, 0.4) is 0 Å². The van der Waals surface area contributed by atoms with Gasteiger partial charge in [-0.3, -0.25) is 9.59 Å². The van der Waals surface area contributed by atoms with Crippen molar-refractivity contribution in [2.75, 3.05) is 18.5 Å². The molecule has 1 unspecified atom stereocenters. The molecule has 19 heavy (non-hydrogen) atoms. The summed E-state index contributed by atoms with van der Waals surface area (Å²) in [4.78, 5) is 24.8. The average Bonchev–Trinajstić information content (AvgIpc) is 2.70. The van der Waals surface area contributed by atoms with E-state index < -0.39 is 12.0 Å². The first-order chi connectivity index (χ1) is 9.04. The Balaban J connectivity index is 2.27. The summed E-state index contributed by atoms with van der Waals surface area (Å²) in [6, 6.07) is 5.66. The third-order valence-corrected chi connectivity index (χ3v) is 3.22. The summed E-state index contributed by atoms with van der Waals surface area (Å²) in [5, 5.41) is 12.4. The second-order valence-corrected chi connectivity index (χ2v) is 4.74. The normalized spacial score (nSPS) is 15.5. The minimum absolute atomic E-state index is 0.223. The average molecular weight is 262 g/mol. The van der Waals surface area contributed by atoms with Gasteiger partial charge in [-0.05, 0) is 44.1 Å². The number of hydrogen-bond acceptors (Lipinski definition) is 4. The van der Waals surface area contributed by atoms with Gasteiger partial charge in [0.2, 0.25) is 5.91 Å². The van der Waals surface area contributed by atoms with E-state index in [0.717, 1.165) is 29.0 Å². The molecule has 1 aromatic carbocycles. The first-order valence-corrected chi connectivity index (χ1v) is 6.36. The van der Waals surface area contributed by atoms with Crippen LogP contribution in [0.1, 0.15) is 18.1 Å². The monoisotopic (exact) mass is 262 g/mol. The van der Waals surface area contributed by atoms with E-state index in [1.807, 2.05) is 19.2 Å². The molecule has 0 bridgehead atoms. The predicted octanol–water partition coefficient (Wildman–Crippen LogP) is 0.245. The highest BCUT2D eigenvalue weighted by atomic mass is 16.3. The zero-order valence-electron chi connectivity index (χ0n) is 11.1. The van der Waals surface area contributed by atoms with Gasteiger partial charge in [0, 0.05) is 0 Å². The van der Waals surface area contributed by atoms with Crippen LogP contribution in [0.5, 0.6) is 0 Å². The molecule has 0 radical (unpaired) electrons. The number of aliphatic hydroxyl groups excluding tert-OH is 1. The summed E-state index contributed by atoms with van der Waals surface area (Å²) in [5.74, 6) is -0.835. The van der Waals surface area contributed by atoms with Crippen molar-refractivity contribution in [3.05, 3.63) is 29.3 Å². The minimum atomic E-state index is -1.17. The predicted molar refractivity (Wildman–Crippen MR) is 72.0 cm³/mol. The van der Waals surface area contributed by atoms with Crippen LogP contribution in [0.2, 0.25) is 0 Å². The van der Waals surface area contributed by atoms with Crippen molar-refractivity contribution in [3.63, 3.8) is 0 Å². The van der Waals surface area contributed by atoms with E-state index in [0.29, 0.717) is 5.69 Å². The van der Waals surface area contributed by atoms with Crippen molar-refractivity contribution in [1.29, 1.82) is 0 Å². The van der Waals surface area contributed by atoms with Crippen LogP contribution in [-0.2, 0) is 22.4 Å². The fourth-order valence-electron chi connectivity index (χ4n) is 2.23. The number of likely N-dealkylation sites (N-methyl/N-ethyl adjacent to an activating group) is 1. The van der Waals surface area contributed by atoms with E-state index in [1.54, 1.807) is 6.07 Å². The summed E-state index contributed by atoms with van der Waals surface area (Å²) in [6.07, 6.45) is -0.0670. The summed E-state index contributed by atoms with van der Waals surface area (Å²) in [6.45, 7) is 2.23. The standard InChI is InChI=1S/C14H18N2O3/c1-9(17)14(19)16-12-4-3-10(5-6-15-2)7-11(12)8-13(16)18/h3-4,7,9,15,17H,5-6,8H2,1-2H3.